The number of rotatable bonds is 3. The molecule has 0 bridgehead atoms. The molecule has 2 saturated heterocycles. The fraction of sp³-hybridized carbons (Fsp3) is 0.579. The second-order valence-corrected chi connectivity index (χ2v) is 7.70. The van der Waals surface area contributed by atoms with E-state index in [1.54, 1.807) is 31.1 Å². The van der Waals surface area contributed by atoms with E-state index >= 15 is 0 Å². The minimum Gasteiger partial charge on any atom is -0.331 e. The average molecular weight is 379 g/mol. The third-order valence-electron chi connectivity index (χ3n) is 5.29. The molecule has 2 aliphatic rings. The Balaban J connectivity index is 1.56. The van der Waals surface area contributed by atoms with Gasteiger partial charge >= 0.3 is 6.03 Å². The van der Waals surface area contributed by atoms with E-state index in [4.69, 9.17) is 11.6 Å². The fourth-order valence-corrected chi connectivity index (χ4v) is 3.89. The highest BCUT2D eigenvalue weighted by molar-refractivity contribution is 6.30. The van der Waals surface area contributed by atoms with Crippen LogP contribution in [0, 0.1) is 5.92 Å². The van der Waals surface area contributed by atoms with Gasteiger partial charge in [-0.3, -0.25) is 9.69 Å². The summed E-state index contributed by atoms with van der Waals surface area (Å²) in [5, 5.41) is 4.19. The zero-order valence-corrected chi connectivity index (χ0v) is 16.2. The molecule has 2 aliphatic heterocycles. The maximum absolute atomic E-state index is 12.8. The van der Waals surface area contributed by atoms with Crippen molar-refractivity contribution in [1.82, 2.24) is 20.0 Å². The molecule has 2 amide bonds. The summed E-state index contributed by atoms with van der Waals surface area (Å²) in [5.41, 5.74) is 0.737. The zero-order chi connectivity index (χ0) is 18.7. The fourth-order valence-electron chi connectivity index (χ4n) is 3.77. The Morgan fingerprint density at radius 3 is 2.38 bits per heavy atom. The number of hydrogen-bond acceptors (Lipinski definition) is 4. The van der Waals surface area contributed by atoms with Crippen LogP contribution in [0.5, 0.6) is 0 Å². The van der Waals surface area contributed by atoms with Gasteiger partial charge in [0.2, 0.25) is 0 Å². The summed E-state index contributed by atoms with van der Waals surface area (Å²) in [7, 11) is 3.56. The first-order chi connectivity index (χ1) is 12.5. The molecule has 2 heterocycles. The summed E-state index contributed by atoms with van der Waals surface area (Å²) in [5.74, 6) is 0.235. The van der Waals surface area contributed by atoms with Gasteiger partial charge in [-0.1, -0.05) is 11.6 Å². The van der Waals surface area contributed by atoms with E-state index in [1.807, 2.05) is 17.0 Å². The van der Waals surface area contributed by atoms with E-state index in [-0.39, 0.29) is 23.9 Å². The second kappa shape index (κ2) is 8.37. The summed E-state index contributed by atoms with van der Waals surface area (Å²) in [6.45, 7) is 3.96. The number of carbonyl (C=O) groups excluding carboxylic acids is 2. The Labute approximate surface area is 160 Å². The molecule has 26 heavy (non-hydrogen) atoms. The maximum atomic E-state index is 12.8. The molecule has 0 aromatic heterocycles. The molecule has 1 N–H and O–H groups in total. The summed E-state index contributed by atoms with van der Waals surface area (Å²) in [6.07, 6.45) is 1.86. The molecule has 0 spiro atoms. The number of hydrogen-bond donors (Lipinski definition) is 1. The van der Waals surface area contributed by atoms with Crippen LogP contribution < -0.4 is 5.32 Å². The molecule has 1 aromatic rings. The number of halogens is 1. The van der Waals surface area contributed by atoms with Crippen LogP contribution in [0.3, 0.4) is 0 Å². The third kappa shape index (κ3) is 4.37. The van der Waals surface area contributed by atoms with Crippen molar-refractivity contribution in [2.75, 3.05) is 46.8 Å². The van der Waals surface area contributed by atoms with Gasteiger partial charge < -0.3 is 15.1 Å². The molecule has 0 aliphatic carbocycles. The predicted octanol–water partition coefficient (Wildman–Crippen LogP) is 2.15. The lowest BCUT2D eigenvalue weighted by molar-refractivity contribution is 0.0555. The Morgan fingerprint density at radius 1 is 1.12 bits per heavy atom. The first kappa shape index (κ1) is 19.1. The first-order valence-corrected chi connectivity index (χ1v) is 9.57. The number of ketones is 1. The lowest BCUT2D eigenvalue weighted by Gasteiger charge is -2.42. The lowest BCUT2D eigenvalue weighted by atomic mass is 9.87. The van der Waals surface area contributed by atoms with Gasteiger partial charge in [0.25, 0.3) is 0 Å². The van der Waals surface area contributed by atoms with Crippen LogP contribution in [-0.2, 0) is 0 Å². The van der Waals surface area contributed by atoms with Crippen molar-refractivity contribution >= 4 is 23.4 Å². The number of nitrogens with zero attached hydrogens (tertiary/aromatic N) is 3. The highest BCUT2D eigenvalue weighted by atomic mass is 35.5. The number of nitrogens with one attached hydrogen (secondary N) is 1. The average Bonchev–Trinajstić information content (AvgIpc) is 2.67. The predicted molar refractivity (Wildman–Crippen MR) is 103 cm³/mol. The standard InChI is InChI=1S/C19H27ClN4O2/c1-22(2)19(26)24-11-9-23(10-12-24)17-13-15(7-8-21-17)18(25)14-3-5-16(20)6-4-14/h3-6,15,17,21H,7-13H2,1-2H3/t15?,17-/m1/s1. The third-order valence-corrected chi connectivity index (χ3v) is 5.54. The first-order valence-electron chi connectivity index (χ1n) is 9.19. The van der Waals surface area contributed by atoms with Crippen LogP contribution >= 0.6 is 11.6 Å². The van der Waals surface area contributed by atoms with Gasteiger partial charge in [0.1, 0.15) is 0 Å². The van der Waals surface area contributed by atoms with Gasteiger partial charge in [0.05, 0.1) is 6.17 Å². The lowest BCUT2D eigenvalue weighted by Crippen LogP contribution is -2.59. The number of Topliss-reactive ketones (excluding diaryl/α,β-unsaturated/α-hetero) is 1. The van der Waals surface area contributed by atoms with Crippen molar-refractivity contribution in [3.05, 3.63) is 34.9 Å². The van der Waals surface area contributed by atoms with Crippen LogP contribution in [0.1, 0.15) is 23.2 Å². The quantitative estimate of drug-likeness (QED) is 0.819. The highest BCUT2D eigenvalue weighted by Gasteiger charge is 2.33. The number of piperidine rings is 1. The summed E-state index contributed by atoms with van der Waals surface area (Å²) >= 11 is 5.92. The van der Waals surface area contributed by atoms with Crippen molar-refractivity contribution in [1.29, 1.82) is 0 Å². The molecule has 1 unspecified atom stereocenters. The van der Waals surface area contributed by atoms with Crippen molar-refractivity contribution in [3.8, 4) is 0 Å². The maximum Gasteiger partial charge on any atom is 0.319 e. The molecule has 1 aromatic carbocycles. The van der Waals surface area contributed by atoms with Crippen LogP contribution in [-0.4, -0.2) is 79.5 Å². The Kier molecular flexibility index (Phi) is 6.16. The Hall–Kier alpha value is -1.63. The van der Waals surface area contributed by atoms with E-state index < -0.39 is 0 Å². The number of carbonyl (C=O) groups is 2. The second-order valence-electron chi connectivity index (χ2n) is 7.26. The number of amides is 2. The minimum atomic E-state index is 0.0314. The van der Waals surface area contributed by atoms with E-state index in [0.29, 0.717) is 5.02 Å². The molecule has 0 saturated carbocycles. The minimum absolute atomic E-state index is 0.0314. The smallest absolute Gasteiger partial charge is 0.319 e. The largest absolute Gasteiger partial charge is 0.331 e. The molecule has 6 nitrogen and oxygen atoms in total. The summed E-state index contributed by atoms with van der Waals surface area (Å²) in [4.78, 5) is 30.7. The molecule has 3 rings (SSSR count). The number of piperazine rings is 1. The van der Waals surface area contributed by atoms with Crippen LogP contribution in [0.25, 0.3) is 0 Å². The van der Waals surface area contributed by atoms with Crippen LogP contribution in [0.4, 0.5) is 4.79 Å². The highest BCUT2D eigenvalue weighted by Crippen LogP contribution is 2.24. The SMILES string of the molecule is CN(C)C(=O)N1CCN([C@@H]2CC(C(=O)c3ccc(Cl)cc3)CCN2)CC1. The zero-order valence-electron chi connectivity index (χ0n) is 15.4. The van der Waals surface area contributed by atoms with E-state index in [1.165, 1.54) is 0 Å². The van der Waals surface area contributed by atoms with E-state index in [9.17, 15) is 9.59 Å². The Bertz CT molecular complexity index is 641. The Morgan fingerprint density at radius 2 is 1.77 bits per heavy atom. The normalized spacial score (nSPS) is 24.3. The molecule has 2 atom stereocenters. The van der Waals surface area contributed by atoms with Gasteiger partial charge in [0, 0.05) is 56.8 Å². The molecule has 2 fully saturated rings. The number of urea groups is 1. The molecule has 142 valence electrons. The van der Waals surface area contributed by atoms with Gasteiger partial charge in [-0.2, -0.15) is 0 Å². The topological polar surface area (TPSA) is 55.9 Å². The van der Waals surface area contributed by atoms with Crippen molar-refractivity contribution in [2.24, 2.45) is 5.92 Å². The molecule has 7 heteroatoms. The van der Waals surface area contributed by atoms with Crippen LogP contribution in [0.2, 0.25) is 5.02 Å². The number of benzene rings is 1. The molecular formula is C19H27ClN4O2. The van der Waals surface area contributed by atoms with Crippen molar-refractivity contribution in [3.63, 3.8) is 0 Å². The molecular weight excluding hydrogens is 352 g/mol. The van der Waals surface area contributed by atoms with Crippen molar-refractivity contribution < 1.29 is 9.59 Å². The summed E-state index contributed by atoms with van der Waals surface area (Å²) < 4.78 is 0. The summed E-state index contributed by atoms with van der Waals surface area (Å²) in [6, 6.07) is 7.24. The van der Waals surface area contributed by atoms with Crippen LogP contribution in [0.15, 0.2) is 24.3 Å². The monoisotopic (exact) mass is 378 g/mol. The van der Waals surface area contributed by atoms with Gasteiger partial charge in [0.15, 0.2) is 5.78 Å². The van der Waals surface area contributed by atoms with E-state index in [0.717, 1.165) is 51.1 Å². The molecule has 0 radical (unpaired) electrons. The van der Waals surface area contributed by atoms with Gasteiger partial charge in [-0.25, -0.2) is 4.79 Å². The van der Waals surface area contributed by atoms with Gasteiger partial charge in [-0.15, -0.1) is 0 Å². The van der Waals surface area contributed by atoms with Crippen molar-refractivity contribution in [2.45, 2.75) is 19.0 Å². The van der Waals surface area contributed by atoms with Gasteiger partial charge in [-0.05, 0) is 43.7 Å². The van der Waals surface area contributed by atoms with E-state index in [2.05, 4.69) is 10.2 Å².